The second-order valence-corrected chi connectivity index (χ2v) is 4.10. The smallest absolute Gasteiger partial charge is 0.258 e. The van der Waals surface area contributed by atoms with E-state index in [-0.39, 0.29) is 10.6 Å². The maximum Gasteiger partial charge on any atom is 0.270 e. The summed E-state index contributed by atoms with van der Waals surface area (Å²) in [4.78, 5) is 10.3. The largest absolute Gasteiger partial charge is 0.270 e. The van der Waals surface area contributed by atoms with Gasteiger partial charge >= 0.3 is 0 Å². The van der Waals surface area contributed by atoms with E-state index < -0.39 is 0 Å². The summed E-state index contributed by atoms with van der Waals surface area (Å²) < 4.78 is 2.11. The van der Waals surface area contributed by atoms with Crippen molar-refractivity contribution < 1.29 is 9.49 Å². The Morgan fingerprint density at radius 2 is 2.05 bits per heavy atom. The number of benzene rings is 1. The minimum atomic E-state index is -0.383. The van der Waals surface area contributed by atoms with Crippen LogP contribution in [0.25, 0.3) is 12.2 Å². The van der Waals surface area contributed by atoms with Crippen LogP contribution in [-0.2, 0) is 6.54 Å². The molecule has 0 saturated carbocycles. The molecule has 0 unspecified atom stereocenters. The minimum Gasteiger partial charge on any atom is -0.258 e. The van der Waals surface area contributed by atoms with Crippen LogP contribution >= 0.6 is 0 Å². The molecule has 0 fully saturated rings. The number of hydrogen-bond acceptors (Lipinski definition) is 2. The summed E-state index contributed by atoms with van der Waals surface area (Å²) in [5.41, 5.74) is 2.00. The molecular weight excluding hydrogens is 240 g/mol. The summed E-state index contributed by atoms with van der Waals surface area (Å²) in [5, 5.41) is 10.7. The number of nitro benzene ring substituents is 1. The Hall–Kier alpha value is -2.49. The maximum absolute atomic E-state index is 10.7. The van der Waals surface area contributed by atoms with E-state index in [9.17, 15) is 10.1 Å². The van der Waals surface area contributed by atoms with Crippen molar-refractivity contribution in [2.24, 2.45) is 0 Å². The van der Waals surface area contributed by atoms with Crippen LogP contribution < -0.4 is 4.57 Å². The number of aromatic nitrogens is 1. The Kier molecular flexibility index (Phi) is 4.03. The predicted molar refractivity (Wildman–Crippen MR) is 74.3 cm³/mol. The van der Waals surface area contributed by atoms with Gasteiger partial charge in [0.25, 0.3) is 5.69 Å². The first-order chi connectivity index (χ1) is 9.20. The average molecular weight is 255 g/mol. The monoisotopic (exact) mass is 255 g/mol. The Bertz CT molecular complexity index is 621. The fraction of sp³-hybridized carbons (Fsp3) is 0.133. The van der Waals surface area contributed by atoms with Gasteiger partial charge < -0.3 is 0 Å². The number of aryl methyl sites for hydroxylation is 1. The second kappa shape index (κ2) is 5.91. The van der Waals surface area contributed by atoms with Gasteiger partial charge in [-0.2, -0.15) is 4.57 Å². The van der Waals surface area contributed by atoms with E-state index in [2.05, 4.69) is 11.5 Å². The average Bonchev–Trinajstić information content (AvgIpc) is 2.45. The van der Waals surface area contributed by atoms with Crippen LogP contribution in [0.4, 0.5) is 5.69 Å². The molecule has 1 heterocycles. The van der Waals surface area contributed by atoms with Gasteiger partial charge in [-0.3, -0.25) is 10.1 Å². The van der Waals surface area contributed by atoms with Gasteiger partial charge in [-0.15, -0.1) is 0 Å². The van der Waals surface area contributed by atoms with Crippen LogP contribution in [0.15, 0.2) is 48.7 Å². The van der Waals surface area contributed by atoms with Gasteiger partial charge in [0, 0.05) is 30.3 Å². The molecule has 0 radical (unpaired) electrons. The Morgan fingerprint density at radius 1 is 1.21 bits per heavy atom. The molecule has 0 bridgehead atoms. The van der Waals surface area contributed by atoms with E-state index in [4.69, 9.17) is 0 Å². The first-order valence-corrected chi connectivity index (χ1v) is 6.11. The molecule has 1 aromatic heterocycles. The fourth-order valence-electron chi connectivity index (χ4n) is 1.85. The molecule has 4 nitrogen and oxygen atoms in total. The highest BCUT2D eigenvalue weighted by molar-refractivity contribution is 5.68. The van der Waals surface area contributed by atoms with E-state index in [1.165, 1.54) is 6.07 Å². The first-order valence-electron chi connectivity index (χ1n) is 6.11. The summed E-state index contributed by atoms with van der Waals surface area (Å²) in [6.45, 7) is 2.96. The zero-order valence-corrected chi connectivity index (χ0v) is 10.7. The number of non-ortho nitro benzene ring substituents is 1. The van der Waals surface area contributed by atoms with Gasteiger partial charge in [0.15, 0.2) is 6.20 Å². The lowest BCUT2D eigenvalue weighted by molar-refractivity contribution is -0.695. The number of hydrogen-bond donors (Lipinski definition) is 0. The van der Waals surface area contributed by atoms with Crippen molar-refractivity contribution in [3.8, 4) is 0 Å². The third-order valence-corrected chi connectivity index (χ3v) is 2.84. The Balaban J connectivity index is 2.27. The number of nitrogens with zero attached hydrogens (tertiary/aromatic N) is 2. The van der Waals surface area contributed by atoms with Crippen molar-refractivity contribution in [2.75, 3.05) is 0 Å². The third kappa shape index (κ3) is 3.25. The van der Waals surface area contributed by atoms with Crippen molar-refractivity contribution in [1.29, 1.82) is 0 Å². The molecule has 0 aliphatic heterocycles. The van der Waals surface area contributed by atoms with E-state index in [0.717, 1.165) is 17.8 Å². The van der Waals surface area contributed by atoms with E-state index in [1.807, 2.05) is 42.6 Å². The van der Waals surface area contributed by atoms with Gasteiger partial charge in [-0.1, -0.05) is 12.1 Å². The molecule has 0 amide bonds. The van der Waals surface area contributed by atoms with Crippen LogP contribution in [0.1, 0.15) is 18.2 Å². The number of pyridine rings is 1. The standard InChI is InChI=1S/C15H15N2O2/c1-2-16-11-4-3-7-14(16)10-9-13-6-5-8-15(12-13)17(18)19/h3-12H,2H2,1H3/q+1. The first kappa shape index (κ1) is 13.0. The highest BCUT2D eigenvalue weighted by atomic mass is 16.6. The van der Waals surface area contributed by atoms with Crippen molar-refractivity contribution in [1.82, 2.24) is 0 Å². The third-order valence-electron chi connectivity index (χ3n) is 2.84. The summed E-state index contributed by atoms with van der Waals surface area (Å²) in [6.07, 6.45) is 5.85. The number of rotatable bonds is 4. The zero-order chi connectivity index (χ0) is 13.7. The Labute approximate surface area is 111 Å². The molecule has 2 rings (SSSR count). The predicted octanol–water partition coefficient (Wildman–Crippen LogP) is 3.07. The molecule has 19 heavy (non-hydrogen) atoms. The molecule has 96 valence electrons. The second-order valence-electron chi connectivity index (χ2n) is 4.10. The summed E-state index contributed by atoms with van der Waals surface area (Å²) in [7, 11) is 0. The summed E-state index contributed by atoms with van der Waals surface area (Å²) >= 11 is 0. The van der Waals surface area contributed by atoms with Crippen molar-refractivity contribution in [2.45, 2.75) is 13.5 Å². The Morgan fingerprint density at radius 3 is 2.79 bits per heavy atom. The van der Waals surface area contributed by atoms with E-state index in [0.29, 0.717) is 0 Å². The zero-order valence-electron chi connectivity index (χ0n) is 10.7. The van der Waals surface area contributed by atoms with Crippen LogP contribution in [0.3, 0.4) is 0 Å². The molecule has 2 aromatic rings. The molecule has 0 aliphatic rings. The normalized spacial score (nSPS) is 10.8. The van der Waals surface area contributed by atoms with Gasteiger partial charge in [0.05, 0.1) is 4.92 Å². The molecule has 0 N–H and O–H groups in total. The van der Waals surface area contributed by atoms with Crippen molar-refractivity contribution in [3.63, 3.8) is 0 Å². The molecule has 0 spiro atoms. The SMILES string of the molecule is CC[n+]1ccccc1C=Cc1cccc([N+](=O)[O-])c1. The molecular formula is C15H15N2O2+. The van der Waals surface area contributed by atoms with Gasteiger partial charge in [-0.25, -0.2) is 0 Å². The van der Waals surface area contributed by atoms with Gasteiger partial charge in [-0.05, 0) is 24.6 Å². The van der Waals surface area contributed by atoms with Crippen LogP contribution in [0, 0.1) is 10.1 Å². The fourth-order valence-corrected chi connectivity index (χ4v) is 1.85. The van der Waals surface area contributed by atoms with Crippen LogP contribution in [0.5, 0.6) is 0 Å². The summed E-state index contributed by atoms with van der Waals surface area (Å²) in [6, 6.07) is 12.6. The molecule has 0 atom stereocenters. The lowest BCUT2D eigenvalue weighted by atomic mass is 10.1. The van der Waals surface area contributed by atoms with Gasteiger partial charge in [0.2, 0.25) is 5.69 Å². The van der Waals surface area contributed by atoms with Crippen LogP contribution in [-0.4, -0.2) is 4.92 Å². The summed E-state index contributed by atoms with van der Waals surface area (Å²) in [5.74, 6) is 0. The lowest BCUT2D eigenvalue weighted by Crippen LogP contribution is -2.34. The quantitative estimate of drug-likeness (QED) is 0.479. The van der Waals surface area contributed by atoms with E-state index in [1.54, 1.807) is 12.1 Å². The number of nitro groups is 1. The molecule has 0 aliphatic carbocycles. The van der Waals surface area contributed by atoms with Gasteiger partial charge in [0.1, 0.15) is 6.54 Å². The highest BCUT2D eigenvalue weighted by Crippen LogP contribution is 2.14. The lowest BCUT2D eigenvalue weighted by Gasteiger charge is -1.97. The topological polar surface area (TPSA) is 47.0 Å². The molecule has 0 saturated heterocycles. The minimum absolute atomic E-state index is 0.110. The molecule has 1 aromatic carbocycles. The highest BCUT2D eigenvalue weighted by Gasteiger charge is 2.05. The van der Waals surface area contributed by atoms with Crippen molar-refractivity contribution >= 4 is 17.8 Å². The van der Waals surface area contributed by atoms with E-state index >= 15 is 0 Å². The van der Waals surface area contributed by atoms with Crippen molar-refractivity contribution in [3.05, 3.63) is 70.0 Å². The van der Waals surface area contributed by atoms with Crippen LogP contribution in [0.2, 0.25) is 0 Å². The maximum atomic E-state index is 10.7. The molecule has 4 heteroatoms.